The van der Waals surface area contributed by atoms with Crippen molar-refractivity contribution < 1.29 is 4.79 Å². The number of anilines is 2. The number of nitrogens with two attached hydrogens (primary N) is 1. The van der Waals surface area contributed by atoms with Gasteiger partial charge in [-0.15, -0.1) is 0 Å². The monoisotopic (exact) mass is 234 g/mol. The van der Waals surface area contributed by atoms with Crippen molar-refractivity contribution in [1.29, 1.82) is 0 Å². The summed E-state index contributed by atoms with van der Waals surface area (Å²) >= 11 is 0. The number of nitrogens with one attached hydrogen (secondary N) is 1. The predicted octanol–water partition coefficient (Wildman–Crippen LogP) is 1.09. The number of hydrogen-bond acceptors (Lipinski definition) is 4. The molecule has 1 aliphatic heterocycles. The highest BCUT2D eigenvalue weighted by Crippen LogP contribution is 2.14. The molecule has 5 nitrogen and oxygen atoms in total. The molecule has 17 heavy (non-hydrogen) atoms. The van der Waals surface area contributed by atoms with Crippen LogP contribution >= 0.6 is 0 Å². The molecule has 0 spiro atoms. The number of amides is 1. The molecule has 1 aliphatic rings. The number of nitrogens with zero attached hydrogens (tertiary/aromatic N) is 2. The molecule has 1 aromatic rings. The van der Waals surface area contributed by atoms with Gasteiger partial charge in [0.2, 0.25) is 5.91 Å². The Balaban J connectivity index is 1.96. The maximum atomic E-state index is 12.0. The van der Waals surface area contributed by atoms with Crippen LogP contribution < -0.4 is 11.1 Å². The molecule has 0 saturated carbocycles. The lowest BCUT2D eigenvalue weighted by molar-refractivity contribution is -0.130. The van der Waals surface area contributed by atoms with Crippen molar-refractivity contribution in [2.75, 3.05) is 24.1 Å². The number of hydrogen-bond donors (Lipinski definition) is 2. The lowest BCUT2D eigenvalue weighted by atomic mass is 10.2. The van der Waals surface area contributed by atoms with Gasteiger partial charge in [-0.05, 0) is 25.8 Å². The maximum Gasteiger partial charge on any atom is 0.244 e. The SMILES string of the molecule is CC(Nc1cncc(N)c1)C(=O)N1CCCC1. The van der Waals surface area contributed by atoms with Gasteiger partial charge in [-0.25, -0.2) is 0 Å². The molecule has 1 saturated heterocycles. The Kier molecular flexibility index (Phi) is 3.46. The number of aromatic nitrogens is 1. The van der Waals surface area contributed by atoms with Crippen molar-refractivity contribution in [3.8, 4) is 0 Å². The fourth-order valence-corrected chi connectivity index (χ4v) is 2.06. The third-order valence-electron chi connectivity index (χ3n) is 2.93. The second kappa shape index (κ2) is 5.03. The van der Waals surface area contributed by atoms with E-state index in [0.29, 0.717) is 5.69 Å². The Morgan fingerprint density at radius 1 is 1.47 bits per heavy atom. The van der Waals surface area contributed by atoms with Crippen molar-refractivity contribution in [3.05, 3.63) is 18.5 Å². The van der Waals surface area contributed by atoms with Gasteiger partial charge in [-0.1, -0.05) is 0 Å². The lowest BCUT2D eigenvalue weighted by Crippen LogP contribution is -2.39. The molecule has 3 N–H and O–H groups in total. The summed E-state index contributed by atoms with van der Waals surface area (Å²) in [6, 6.07) is 1.54. The molecule has 1 fully saturated rings. The third-order valence-corrected chi connectivity index (χ3v) is 2.93. The Bertz CT molecular complexity index is 401. The molecule has 0 bridgehead atoms. The molecule has 0 aliphatic carbocycles. The van der Waals surface area contributed by atoms with E-state index in [2.05, 4.69) is 10.3 Å². The first-order chi connectivity index (χ1) is 8.16. The molecular formula is C12H18N4O. The number of carbonyl (C=O) groups excluding carboxylic acids is 1. The smallest absolute Gasteiger partial charge is 0.244 e. The van der Waals surface area contributed by atoms with Gasteiger partial charge in [0.1, 0.15) is 6.04 Å². The second-order valence-corrected chi connectivity index (χ2v) is 4.41. The fraction of sp³-hybridized carbons (Fsp3) is 0.500. The average Bonchev–Trinajstić information content (AvgIpc) is 2.81. The van der Waals surface area contributed by atoms with E-state index in [1.807, 2.05) is 11.8 Å². The Morgan fingerprint density at radius 2 is 2.18 bits per heavy atom. The second-order valence-electron chi connectivity index (χ2n) is 4.41. The highest BCUT2D eigenvalue weighted by molar-refractivity contribution is 5.84. The minimum atomic E-state index is -0.239. The number of pyridine rings is 1. The average molecular weight is 234 g/mol. The van der Waals surface area contributed by atoms with Crippen molar-refractivity contribution in [3.63, 3.8) is 0 Å². The standard InChI is InChI=1S/C12H18N4O/c1-9(12(17)16-4-2-3-5-16)15-11-6-10(13)7-14-8-11/h6-9,15H,2-5,13H2,1H3. The first-order valence-corrected chi connectivity index (χ1v) is 5.92. The molecule has 1 aromatic heterocycles. The number of likely N-dealkylation sites (tertiary alicyclic amines) is 1. The van der Waals surface area contributed by atoms with E-state index in [-0.39, 0.29) is 11.9 Å². The van der Waals surface area contributed by atoms with Gasteiger partial charge < -0.3 is 16.0 Å². The van der Waals surface area contributed by atoms with Crippen LogP contribution in [0.1, 0.15) is 19.8 Å². The van der Waals surface area contributed by atoms with Crippen molar-refractivity contribution in [2.24, 2.45) is 0 Å². The zero-order valence-corrected chi connectivity index (χ0v) is 10.0. The first kappa shape index (κ1) is 11.7. The van der Waals surface area contributed by atoms with E-state index in [4.69, 9.17) is 5.73 Å². The Labute approximate surface area is 101 Å². The number of nitrogen functional groups attached to an aromatic ring is 1. The molecule has 92 valence electrons. The first-order valence-electron chi connectivity index (χ1n) is 5.92. The van der Waals surface area contributed by atoms with Gasteiger partial charge in [0.25, 0.3) is 0 Å². The van der Waals surface area contributed by atoms with Crippen molar-refractivity contribution in [1.82, 2.24) is 9.88 Å². The van der Waals surface area contributed by atoms with Gasteiger partial charge in [0.05, 0.1) is 17.6 Å². The van der Waals surface area contributed by atoms with Gasteiger partial charge in [0.15, 0.2) is 0 Å². The summed E-state index contributed by atoms with van der Waals surface area (Å²) in [7, 11) is 0. The molecule has 1 atom stereocenters. The van der Waals surface area contributed by atoms with E-state index in [0.717, 1.165) is 31.6 Å². The lowest BCUT2D eigenvalue weighted by Gasteiger charge is -2.21. The van der Waals surface area contributed by atoms with E-state index in [1.54, 1.807) is 18.5 Å². The predicted molar refractivity (Wildman–Crippen MR) is 67.5 cm³/mol. The summed E-state index contributed by atoms with van der Waals surface area (Å²) in [5.74, 6) is 0.143. The van der Waals surface area contributed by atoms with Gasteiger partial charge in [-0.3, -0.25) is 9.78 Å². The van der Waals surface area contributed by atoms with Crippen LogP contribution in [0.15, 0.2) is 18.5 Å². The highest BCUT2D eigenvalue weighted by atomic mass is 16.2. The molecular weight excluding hydrogens is 216 g/mol. The van der Waals surface area contributed by atoms with Crippen molar-refractivity contribution >= 4 is 17.3 Å². The summed E-state index contributed by atoms with van der Waals surface area (Å²) in [5.41, 5.74) is 7.01. The molecule has 2 rings (SSSR count). The number of rotatable bonds is 3. The third kappa shape index (κ3) is 2.87. The summed E-state index contributed by atoms with van der Waals surface area (Å²) in [5, 5.41) is 3.13. The van der Waals surface area contributed by atoms with Crippen LogP contribution in [-0.2, 0) is 4.79 Å². The van der Waals surface area contributed by atoms with Crippen LogP contribution in [0.5, 0.6) is 0 Å². The quantitative estimate of drug-likeness (QED) is 0.821. The van der Waals surface area contributed by atoms with Crippen LogP contribution in [0.4, 0.5) is 11.4 Å². The molecule has 1 amide bonds. The van der Waals surface area contributed by atoms with E-state index < -0.39 is 0 Å². The molecule has 2 heterocycles. The largest absolute Gasteiger partial charge is 0.397 e. The van der Waals surface area contributed by atoms with E-state index in [9.17, 15) is 4.79 Å². The summed E-state index contributed by atoms with van der Waals surface area (Å²) in [6.45, 7) is 3.61. The summed E-state index contributed by atoms with van der Waals surface area (Å²) in [4.78, 5) is 17.9. The van der Waals surface area contributed by atoms with Crippen LogP contribution in [-0.4, -0.2) is 34.9 Å². The molecule has 0 aromatic carbocycles. The van der Waals surface area contributed by atoms with Crippen LogP contribution in [0.3, 0.4) is 0 Å². The fourth-order valence-electron chi connectivity index (χ4n) is 2.06. The van der Waals surface area contributed by atoms with Crippen LogP contribution in [0.2, 0.25) is 0 Å². The minimum absolute atomic E-state index is 0.143. The van der Waals surface area contributed by atoms with E-state index >= 15 is 0 Å². The zero-order valence-electron chi connectivity index (χ0n) is 10.0. The van der Waals surface area contributed by atoms with Gasteiger partial charge in [0, 0.05) is 19.3 Å². The topological polar surface area (TPSA) is 71.2 Å². The van der Waals surface area contributed by atoms with Gasteiger partial charge >= 0.3 is 0 Å². The van der Waals surface area contributed by atoms with Crippen molar-refractivity contribution in [2.45, 2.75) is 25.8 Å². The summed E-state index contributed by atoms with van der Waals surface area (Å²) in [6.07, 6.45) is 5.47. The molecule has 1 unspecified atom stereocenters. The summed E-state index contributed by atoms with van der Waals surface area (Å²) < 4.78 is 0. The van der Waals surface area contributed by atoms with E-state index in [1.165, 1.54) is 0 Å². The highest BCUT2D eigenvalue weighted by Gasteiger charge is 2.22. The maximum absolute atomic E-state index is 12.0. The van der Waals surface area contributed by atoms with Crippen LogP contribution in [0.25, 0.3) is 0 Å². The Hall–Kier alpha value is -1.78. The van der Waals surface area contributed by atoms with Crippen LogP contribution in [0, 0.1) is 0 Å². The molecule has 0 radical (unpaired) electrons. The zero-order chi connectivity index (χ0) is 12.3. The molecule has 5 heteroatoms. The minimum Gasteiger partial charge on any atom is -0.397 e. The van der Waals surface area contributed by atoms with Gasteiger partial charge in [-0.2, -0.15) is 0 Å². The number of carbonyl (C=O) groups is 1. The normalized spacial score (nSPS) is 16.9. The Morgan fingerprint density at radius 3 is 2.82 bits per heavy atom.